The Morgan fingerprint density at radius 1 is 0.732 bits per heavy atom. The number of hydrogen-bond donors (Lipinski definition) is 2. The smallest absolute Gasteiger partial charge is 0.224 e. The van der Waals surface area contributed by atoms with Crippen LogP contribution in [0.4, 0.5) is 11.4 Å². The quantitative estimate of drug-likeness (QED) is 0.195. The molecule has 4 aromatic rings. The molecule has 0 fully saturated rings. The van der Waals surface area contributed by atoms with E-state index in [9.17, 15) is 4.79 Å². The number of nitrogen functional groups attached to an aromatic ring is 1. The number of carbonyl (C=O) groups excluding carboxylic acids is 1. The lowest BCUT2D eigenvalue weighted by Gasteiger charge is -2.20. The number of unbranched alkanes of at least 4 members (excludes halogenated alkanes) is 2. The number of benzene rings is 2. The predicted molar refractivity (Wildman–Crippen MR) is 171 cm³/mol. The molecule has 3 N–H and O–H groups in total. The molecule has 0 unspecified atom stereocenters. The molecule has 8 rings (SSSR count). The summed E-state index contributed by atoms with van der Waals surface area (Å²) in [5, 5.41) is 6.02. The van der Waals surface area contributed by atoms with Crippen molar-refractivity contribution < 1.29 is 4.79 Å². The number of carbonyl (C=O) groups is 1. The van der Waals surface area contributed by atoms with Crippen LogP contribution < -0.4 is 11.1 Å². The van der Waals surface area contributed by atoms with E-state index in [0.29, 0.717) is 6.42 Å². The molecule has 216 valence electrons. The fourth-order valence-corrected chi connectivity index (χ4v) is 8.30. The molecular formula is C36H46N4O. The van der Waals surface area contributed by atoms with Gasteiger partial charge in [0.25, 0.3) is 0 Å². The summed E-state index contributed by atoms with van der Waals surface area (Å²) in [6, 6.07) is 8.85. The monoisotopic (exact) mass is 550 g/mol. The third-order valence-electron chi connectivity index (χ3n) is 10.1. The first-order valence-electron chi connectivity index (χ1n) is 16.5. The van der Waals surface area contributed by atoms with E-state index >= 15 is 0 Å². The first-order chi connectivity index (χ1) is 20.1. The third-order valence-corrected chi connectivity index (χ3v) is 10.1. The Kier molecular flexibility index (Phi) is 7.30. The zero-order chi connectivity index (χ0) is 27.9. The van der Waals surface area contributed by atoms with Crippen LogP contribution in [-0.2, 0) is 56.4 Å². The Bertz CT molecular complexity index is 1620. The molecule has 0 saturated carbocycles. The van der Waals surface area contributed by atoms with E-state index in [4.69, 9.17) is 5.73 Å². The van der Waals surface area contributed by atoms with Crippen molar-refractivity contribution >= 4 is 39.1 Å². The SMILES string of the molecule is CCCCCC(=O)Nc1cc2c3c(c1)c1c(n3CCC2)CCCC1.Nc1cc2c3c(c1)c1c(n3CCC2)CCCC1. The lowest BCUT2D eigenvalue weighted by molar-refractivity contribution is -0.116. The van der Waals surface area contributed by atoms with Crippen LogP contribution in [0.3, 0.4) is 0 Å². The van der Waals surface area contributed by atoms with Gasteiger partial charge in [0.2, 0.25) is 5.91 Å². The molecule has 5 heteroatoms. The molecule has 0 spiro atoms. The van der Waals surface area contributed by atoms with Gasteiger partial charge in [0.05, 0.1) is 11.0 Å². The first-order valence-corrected chi connectivity index (χ1v) is 16.5. The van der Waals surface area contributed by atoms with Gasteiger partial charge >= 0.3 is 0 Å². The van der Waals surface area contributed by atoms with Crippen molar-refractivity contribution in [1.29, 1.82) is 0 Å². The number of aromatic nitrogens is 2. The van der Waals surface area contributed by atoms with Gasteiger partial charge in [0.15, 0.2) is 0 Å². The number of nitrogens with one attached hydrogen (secondary N) is 1. The minimum absolute atomic E-state index is 0.166. The molecule has 0 bridgehead atoms. The third kappa shape index (κ3) is 4.85. The van der Waals surface area contributed by atoms with Crippen LogP contribution in [-0.4, -0.2) is 15.0 Å². The van der Waals surface area contributed by atoms with Gasteiger partial charge < -0.3 is 20.2 Å². The second kappa shape index (κ2) is 11.2. The summed E-state index contributed by atoms with van der Waals surface area (Å²) in [6.07, 6.45) is 19.0. The average molecular weight is 551 g/mol. The highest BCUT2D eigenvalue weighted by atomic mass is 16.1. The van der Waals surface area contributed by atoms with Gasteiger partial charge in [-0.25, -0.2) is 0 Å². The molecular weight excluding hydrogens is 504 g/mol. The van der Waals surface area contributed by atoms with Crippen molar-refractivity contribution in [2.24, 2.45) is 0 Å². The maximum absolute atomic E-state index is 12.2. The highest BCUT2D eigenvalue weighted by molar-refractivity contribution is 5.97. The lowest BCUT2D eigenvalue weighted by Crippen LogP contribution is -2.13. The lowest BCUT2D eigenvalue weighted by atomic mass is 9.94. The molecule has 4 aliphatic rings. The Morgan fingerprint density at radius 2 is 1.32 bits per heavy atom. The standard InChI is InChI=1S/C21H28N2O.C15H18N2/c1-2-3-4-11-20(24)22-16-13-15-8-7-12-23-19-10-6-5-9-17(19)18(14-16)21(15)23;16-11-8-10-4-3-7-17-14-6-2-1-5-12(14)13(9-11)15(10)17/h13-14H,2-12H2,1H3,(H,22,24);8-9H,1-7,16H2. The van der Waals surface area contributed by atoms with E-state index in [2.05, 4.69) is 45.6 Å². The van der Waals surface area contributed by atoms with Crippen LogP contribution in [0.1, 0.15) is 105 Å². The van der Waals surface area contributed by atoms with Crippen molar-refractivity contribution in [2.45, 2.75) is 123 Å². The topological polar surface area (TPSA) is 65.0 Å². The Balaban J connectivity index is 0.000000142. The van der Waals surface area contributed by atoms with Crippen molar-refractivity contribution in [3.63, 3.8) is 0 Å². The molecule has 0 saturated heterocycles. The zero-order valence-electron chi connectivity index (χ0n) is 24.9. The van der Waals surface area contributed by atoms with Crippen LogP contribution in [0.2, 0.25) is 0 Å². The summed E-state index contributed by atoms with van der Waals surface area (Å²) in [5.74, 6) is 0.166. The molecule has 2 aromatic heterocycles. The summed E-state index contributed by atoms with van der Waals surface area (Å²) in [7, 11) is 0. The summed E-state index contributed by atoms with van der Waals surface area (Å²) in [5.41, 5.74) is 20.2. The van der Waals surface area contributed by atoms with E-state index in [1.807, 2.05) is 0 Å². The fourth-order valence-electron chi connectivity index (χ4n) is 8.30. The van der Waals surface area contributed by atoms with Crippen molar-refractivity contribution in [3.8, 4) is 0 Å². The number of rotatable bonds is 5. The molecule has 5 nitrogen and oxygen atoms in total. The van der Waals surface area contributed by atoms with Crippen LogP contribution in [0.15, 0.2) is 24.3 Å². The van der Waals surface area contributed by atoms with E-state index in [1.54, 1.807) is 22.5 Å². The largest absolute Gasteiger partial charge is 0.399 e. The fraction of sp³-hybridized carbons (Fsp3) is 0.528. The van der Waals surface area contributed by atoms with Crippen LogP contribution >= 0.6 is 0 Å². The summed E-state index contributed by atoms with van der Waals surface area (Å²) < 4.78 is 5.16. The van der Waals surface area contributed by atoms with Gasteiger partial charge in [0.1, 0.15) is 0 Å². The van der Waals surface area contributed by atoms with Gasteiger partial charge in [-0.3, -0.25) is 4.79 Å². The number of nitrogens with zero attached hydrogens (tertiary/aromatic N) is 2. The molecule has 4 heterocycles. The van der Waals surface area contributed by atoms with E-state index in [1.165, 1.54) is 117 Å². The summed E-state index contributed by atoms with van der Waals surface area (Å²) >= 11 is 0. The predicted octanol–water partition coefficient (Wildman–Crippen LogP) is 8.03. The second-order valence-electron chi connectivity index (χ2n) is 12.9. The maximum atomic E-state index is 12.2. The number of hydrogen-bond acceptors (Lipinski definition) is 2. The molecule has 0 radical (unpaired) electrons. The number of nitrogens with two attached hydrogens (primary N) is 1. The average Bonchev–Trinajstić information content (AvgIpc) is 3.49. The molecule has 2 aromatic carbocycles. The van der Waals surface area contributed by atoms with Crippen LogP contribution in [0.5, 0.6) is 0 Å². The normalized spacial score (nSPS) is 17.1. The maximum Gasteiger partial charge on any atom is 0.224 e. The molecule has 2 aliphatic heterocycles. The highest BCUT2D eigenvalue weighted by Gasteiger charge is 2.25. The Labute approximate surface area is 244 Å². The Hall–Kier alpha value is -3.21. The summed E-state index contributed by atoms with van der Waals surface area (Å²) in [4.78, 5) is 12.2. The molecule has 41 heavy (non-hydrogen) atoms. The summed E-state index contributed by atoms with van der Waals surface area (Å²) in [6.45, 7) is 4.55. The first kappa shape index (κ1) is 26.7. The minimum Gasteiger partial charge on any atom is -0.399 e. The van der Waals surface area contributed by atoms with Crippen LogP contribution in [0, 0.1) is 0 Å². The van der Waals surface area contributed by atoms with Crippen molar-refractivity contribution in [3.05, 3.63) is 57.9 Å². The minimum atomic E-state index is 0.166. The molecule has 0 atom stereocenters. The van der Waals surface area contributed by atoms with Gasteiger partial charge in [-0.15, -0.1) is 0 Å². The van der Waals surface area contributed by atoms with Crippen molar-refractivity contribution in [2.75, 3.05) is 11.1 Å². The van der Waals surface area contributed by atoms with Gasteiger partial charge in [-0.1, -0.05) is 19.8 Å². The number of fused-ring (bicyclic) bond motifs is 6. The highest BCUT2D eigenvalue weighted by Crippen LogP contribution is 2.39. The van der Waals surface area contributed by atoms with Gasteiger partial charge in [-0.05, 0) is 130 Å². The zero-order valence-corrected chi connectivity index (χ0v) is 24.9. The van der Waals surface area contributed by atoms with Crippen molar-refractivity contribution in [1.82, 2.24) is 9.13 Å². The van der Waals surface area contributed by atoms with E-state index in [-0.39, 0.29) is 5.91 Å². The number of aryl methyl sites for hydroxylation is 6. The van der Waals surface area contributed by atoms with Gasteiger partial charge in [0, 0.05) is 53.0 Å². The molecule has 1 amide bonds. The number of anilines is 2. The van der Waals surface area contributed by atoms with E-state index < -0.39 is 0 Å². The van der Waals surface area contributed by atoms with Gasteiger partial charge in [-0.2, -0.15) is 0 Å². The number of amides is 1. The second-order valence-corrected chi connectivity index (χ2v) is 12.9. The van der Waals surface area contributed by atoms with Crippen LogP contribution in [0.25, 0.3) is 21.8 Å². The Morgan fingerprint density at radius 3 is 1.95 bits per heavy atom. The molecule has 2 aliphatic carbocycles. The van der Waals surface area contributed by atoms with E-state index in [0.717, 1.165) is 37.1 Å².